The molecule has 0 bridgehead atoms. The Kier molecular flexibility index (Phi) is 5.14. The van der Waals surface area contributed by atoms with E-state index in [1.807, 2.05) is 36.4 Å². The smallest absolute Gasteiger partial charge is 0.407 e. The Balaban J connectivity index is 1.57. The van der Waals surface area contributed by atoms with Crippen LogP contribution in [0.1, 0.15) is 36.1 Å². The van der Waals surface area contributed by atoms with Crippen molar-refractivity contribution in [2.45, 2.75) is 32.1 Å². The van der Waals surface area contributed by atoms with Crippen molar-refractivity contribution in [3.63, 3.8) is 0 Å². The predicted molar refractivity (Wildman–Crippen MR) is 93.2 cm³/mol. The minimum absolute atomic E-state index is 0.147. The number of nitrogens with one attached hydrogen (secondary N) is 1. The van der Waals surface area contributed by atoms with Gasteiger partial charge in [-0.3, -0.25) is 0 Å². The average Bonchev–Trinajstić information content (AvgIpc) is 3.45. The van der Waals surface area contributed by atoms with Gasteiger partial charge >= 0.3 is 6.09 Å². The first kappa shape index (κ1) is 17.2. The Morgan fingerprint density at radius 2 is 2.00 bits per heavy atom. The number of ether oxygens (including phenoxy) is 1. The third kappa shape index (κ3) is 4.67. The number of halogens is 1. The molecular weight excluding hydrogens is 321 g/mol. The van der Waals surface area contributed by atoms with E-state index in [9.17, 15) is 14.3 Å². The van der Waals surface area contributed by atoms with Crippen molar-refractivity contribution in [3.05, 3.63) is 77.1 Å². The first-order valence-electron chi connectivity index (χ1n) is 8.18. The van der Waals surface area contributed by atoms with E-state index in [1.165, 1.54) is 12.1 Å². The molecule has 2 aromatic carbocycles. The van der Waals surface area contributed by atoms with Crippen molar-refractivity contribution in [2.24, 2.45) is 0 Å². The zero-order chi connectivity index (χ0) is 17.8. The highest BCUT2D eigenvalue weighted by Crippen LogP contribution is 2.33. The molecule has 1 aliphatic carbocycles. The van der Waals surface area contributed by atoms with E-state index >= 15 is 0 Å². The van der Waals surface area contributed by atoms with E-state index in [-0.39, 0.29) is 6.61 Å². The molecule has 3 rings (SSSR count). The molecule has 0 fully saturated rings. The van der Waals surface area contributed by atoms with Crippen molar-refractivity contribution in [1.82, 2.24) is 5.32 Å². The van der Waals surface area contributed by atoms with Crippen LogP contribution in [0.2, 0.25) is 0 Å². The largest absolute Gasteiger partial charge is 0.445 e. The van der Waals surface area contributed by atoms with E-state index in [0.717, 1.165) is 23.1 Å². The maximum absolute atomic E-state index is 13.8. The van der Waals surface area contributed by atoms with Gasteiger partial charge in [-0.25, -0.2) is 9.18 Å². The van der Waals surface area contributed by atoms with E-state index in [2.05, 4.69) is 5.32 Å². The topological polar surface area (TPSA) is 58.6 Å². The fraction of sp³-hybridized carbons (Fsp3) is 0.250. The molecule has 2 aromatic rings. The van der Waals surface area contributed by atoms with Gasteiger partial charge in [0.1, 0.15) is 12.4 Å². The Morgan fingerprint density at radius 1 is 1.28 bits per heavy atom. The van der Waals surface area contributed by atoms with Gasteiger partial charge in [-0.05, 0) is 53.8 Å². The van der Waals surface area contributed by atoms with Crippen LogP contribution in [0.25, 0.3) is 5.57 Å². The van der Waals surface area contributed by atoms with Crippen LogP contribution in [0.4, 0.5) is 9.18 Å². The molecule has 1 amide bonds. The van der Waals surface area contributed by atoms with Crippen molar-refractivity contribution >= 4 is 11.7 Å². The normalized spacial score (nSPS) is 15.1. The number of carbonyl (C=O) groups excluding carboxylic acids is 1. The standard InChI is InChI=1S/C20H20FNO3/c1-13(22-20(24)25-12-14-5-3-2-4-6-14)19(23)17-9-16(15-7-8-15)10-18(21)11-17/h2-7,9-11,13,19,23H,8,12H2,1H3,(H,22,24)/t13-,19?/m1/s1. The SMILES string of the molecule is C[C@@H](NC(=O)OCc1ccccc1)C(O)c1cc(F)cc(C2=CC2)c1. The molecule has 0 saturated carbocycles. The number of hydrogen-bond acceptors (Lipinski definition) is 3. The summed E-state index contributed by atoms with van der Waals surface area (Å²) >= 11 is 0. The molecule has 0 heterocycles. The first-order valence-corrected chi connectivity index (χ1v) is 8.18. The molecule has 25 heavy (non-hydrogen) atoms. The predicted octanol–water partition coefficient (Wildman–Crippen LogP) is 3.96. The van der Waals surface area contributed by atoms with Gasteiger partial charge in [-0.1, -0.05) is 36.4 Å². The zero-order valence-electron chi connectivity index (χ0n) is 13.9. The summed E-state index contributed by atoms with van der Waals surface area (Å²) in [6.07, 6.45) is 1.18. The van der Waals surface area contributed by atoms with E-state index < -0.39 is 24.1 Å². The summed E-state index contributed by atoms with van der Waals surface area (Å²) in [4.78, 5) is 11.9. The third-order valence-electron chi connectivity index (χ3n) is 4.07. The van der Waals surface area contributed by atoms with Gasteiger partial charge in [0.2, 0.25) is 0 Å². The number of benzene rings is 2. The van der Waals surface area contributed by atoms with Gasteiger partial charge in [0, 0.05) is 0 Å². The van der Waals surface area contributed by atoms with Crippen LogP contribution in [0.15, 0.2) is 54.6 Å². The number of amides is 1. The van der Waals surface area contributed by atoms with Gasteiger partial charge in [-0.2, -0.15) is 0 Å². The van der Waals surface area contributed by atoms with Crippen molar-refractivity contribution in [1.29, 1.82) is 0 Å². The number of allylic oxidation sites excluding steroid dienone is 2. The lowest BCUT2D eigenvalue weighted by molar-refractivity contribution is 0.106. The lowest BCUT2D eigenvalue weighted by atomic mass is 10.00. The highest BCUT2D eigenvalue weighted by atomic mass is 19.1. The second kappa shape index (κ2) is 7.49. The van der Waals surface area contributed by atoms with Crippen molar-refractivity contribution in [3.8, 4) is 0 Å². The van der Waals surface area contributed by atoms with Gasteiger partial charge in [-0.15, -0.1) is 0 Å². The highest BCUT2D eigenvalue weighted by molar-refractivity contribution is 5.77. The molecule has 1 unspecified atom stereocenters. The Labute approximate surface area is 145 Å². The summed E-state index contributed by atoms with van der Waals surface area (Å²) in [6.45, 7) is 1.79. The van der Waals surface area contributed by atoms with E-state index in [4.69, 9.17) is 4.74 Å². The van der Waals surface area contributed by atoms with Crippen LogP contribution in [-0.4, -0.2) is 17.2 Å². The molecule has 0 saturated heterocycles. The number of hydrogen-bond donors (Lipinski definition) is 2. The van der Waals surface area contributed by atoms with Crippen molar-refractivity contribution in [2.75, 3.05) is 0 Å². The molecule has 2 N–H and O–H groups in total. The van der Waals surface area contributed by atoms with Crippen LogP contribution in [0.5, 0.6) is 0 Å². The number of aliphatic hydroxyl groups excluding tert-OH is 1. The summed E-state index contributed by atoms with van der Waals surface area (Å²) in [5, 5.41) is 13.0. The molecule has 5 heteroatoms. The van der Waals surface area contributed by atoms with Gasteiger partial charge in [0.15, 0.2) is 0 Å². The summed E-state index contributed by atoms with van der Waals surface area (Å²) in [6, 6.07) is 13.2. The molecule has 2 atom stereocenters. The van der Waals surface area contributed by atoms with E-state index in [1.54, 1.807) is 13.0 Å². The van der Waals surface area contributed by atoms with Crippen LogP contribution in [0, 0.1) is 5.82 Å². The molecule has 0 aliphatic heterocycles. The highest BCUT2D eigenvalue weighted by Gasteiger charge is 2.21. The fourth-order valence-corrected chi connectivity index (χ4v) is 2.57. The monoisotopic (exact) mass is 341 g/mol. The van der Waals surface area contributed by atoms with Crippen molar-refractivity contribution < 1.29 is 19.0 Å². The van der Waals surface area contributed by atoms with Crippen LogP contribution in [-0.2, 0) is 11.3 Å². The summed E-state index contributed by atoms with van der Waals surface area (Å²) < 4.78 is 18.9. The summed E-state index contributed by atoms with van der Waals surface area (Å²) in [5.74, 6) is -0.404. The van der Waals surface area contributed by atoms with Gasteiger partial charge in [0.25, 0.3) is 0 Å². The van der Waals surface area contributed by atoms with Crippen LogP contribution >= 0.6 is 0 Å². The van der Waals surface area contributed by atoms with Gasteiger partial charge < -0.3 is 15.2 Å². The molecular formula is C20H20FNO3. The molecule has 130 valence electrons. The van der Waals surface area contributed by atoms with Crippen LogP contribution < -0.4 is 5.32 Å². The number of alkyl carbamates (subject to hydrolysis) is 1. The minimum atomic E-state index is -1.03. The Bertz CT molecular complexity index is 789. The second-order valence-electron chi connectivity index (χ2n) is 6.15. The first-order chi connectivity index (χ1) is 12.0. The number of carbonyl (C=O) groups is 1. The number of rotatable bonds is 6. The summed E-state index contributed by atoms with van der Waals surface area (Å²) in [7, 11) is 0. The maximum Gasteiger partial charge on any atom is 0.407 e. The molecule has 0 spiro atoms. The third-order valence-corrected chi connectivity index (χ3v) is 4.07. The number of aliphatic hydroxyl groups is 1. The molecule has 4 nitrogen and oxygen atoms in total. The quantitative estimate of drug-likeness (QED) is 0.836. The van der Waals surface area contributed by atoms with Gasteiger partial charge in [0.05, 0.1) is 12.1 Å². The summed E-state index contributed by atoms with van der Waals surface area (Å²) in [5.41, 5.74) is 3.14. The van der Waals surface area contributed by atoms with Crippen LogP contribution in [0.3, 0.4) is 0 Å². The average molecular weight is 341 g/mol. The molecule has 1 aliphatic rings. The lowest BCUT2D eigenvalue weighted by Gasteiger charge is -2.21. The minimum Gasteiger partial charge on any atom is -0.445 e. The lowest BCUT2D eigenvalue weighted by Crippen LogP contribution is -2.37. The molecule has 0 aromatic heterocycles. The Morgan fingerprint density at radius 3 is 2.68 bits per heavy atom. The fourth-order valence-electron chi connectivity index (χ4n) is 2.57. The zero-order valence-corrected chi connectivity index (χ0v) is 13.9. The van der Waals surface area contributed by atoms with E-state index in [0.29, 0.717) is 5.56 Å². The maximum atomic E-state index is 13.8. The Hall–Kier alpha value is -2.66. The second-order valence-corrected chi connectivity index (χ2v) is 6.15. The molecule has 0 radical (unpaired) electrons.